The Balaban J connectivity index is 2.09. The molecule has 2 aromatic carbocycles. The normalized spacial score (nSPS) is 15.2. The van der Waals surface area contributed by atoms with Crippen LogP contribution in [-0.4, -0.2) is 15.0 Å². The molecule has 8 heteroatoms. The van der Waals surface area contributed by atoms with Crippen LogP contribution >= 0.6 is 0 Å². The van der Waals surface area contributed by atoms with Gasteiger partial charge in [-0.05, 0) is 48.7 Å². The molecule has 128 valence electrons. The number of halogens is 3. The zero-order valence-electron chi connectivity index (χ0n) is 12.5. The summed E-state index contributed by atoms with van der Waals surface area (Å²) in [7, 11) is -4.10. The number of rotatable bonds is 2. The summed E-state index contributed by atoms with van der Waals surface area (Å²) < 4.78 is 65.4. The third-order valence-corrected chi connectivity index (χ3v) is 5.80. The second-order valence-electron chi connectivity index (χ2n) is 5.55. The molecule has 0 aliphatic carbocycles. The predicted octanol–water partition coefficient (Wildman–Crippen LogP) is 3.43. The van der Waals surface area contributed by atoms with Gasteiger partial charge in [0, 0.05) is 12.2 Å². The molecule has 1 aliphatic heterocycles. The Morgan fingerprint density at radius 3 is 2.50 bits per heavy atom. The lowest BCUT2D eigenvalue weighted by Gasteiger charge is -2.31. The van der Waals surface area contributed by atoms with Crippen molar-refractivity contribution in [2.75, 3.05) is 16.6 Å². The minimum Gasteiger partial charge on any atom is -0.398 e. The molecule has 0 amide bonds. The van der Waals surface area contributed by atoms with E-state index in [1.807, 2.05) is 0 Å². The molecule has 0 spiro atoms. The summed E-state index contributed by atoms with van der Waals surface area (Å²) in [6, 6.07) is 8.71. The fraction of sp³-hybridized carbons (Fsp3) is 0.250. The van der Waals surface area contributed by atoms with Crippen LogP contribution in [0.15, 0.2) is 47.4 Å². The maximum absolute atomic E-state index is 12.9. The van der Waals surface area contributed by atoms with Crippen LogP contribution < -0.4 is 10.0 Å². The highest BCUT2D eigenvalue weighted by atomic mass is 32.2. The quantitative estimate of drug-likeness (QED) is 0.839. The van der Waals surface area contributed by atoms with Gasteiger partial charge in [-0.15, -0.1) is 0 Å². The summed E-state index contributed by atoms with van der Waals surface area (Å²) in [5.74, 6) is 0. The molecule has 0 unspecified atom stereocenters. The van der Waals surface area contributed by atoms with Crippen molar-refractivity contribution in [3.05, 3.63) is 53.6 Å². The van der Waals surface area contributed by atoms with Gasteiger partial charge in [0.1, 0.15) is 0 Å². The molecule has 1 heterocycles. The topological polar surface area (TPSA) is 63.4 Å². The first-order chi connectivity index (χ1) is 11.2. The van der Waals surface area contributed by atoms with Gasteiger partial charge in [-0.3, -0.25) is 4.31 Å². The first-order valence-corrected chi connectivity index (χ1v) is 8.72. The Labute approximate surface area is 137 Å². The molecule has 2 N–H and O–H groups in total. The predicted molar refractivity (Wildman–Crippen MR) is 85.2 cm³/mol. The largest absolute Gasteiger partial charge is 0.416 e. The van der Waals surface area contributed by atoms with E-state index in [1.54, 1.807) is 18.2 Å². The molecule has 2 aromatic rings. The van der Waals surface area contributed by atoms with Gasteiger partial charge >= 0.3 is 6.18 Å². The SMILES string of the molecule is Nc1cccc2c1CCCN2S(=O)(=O)c1cccc(C(F)(F)F)c1. The summed E-state index contributed by atoms with van der Waals surface area (Å²) >= 11 is 0. The number of hydrogen-bond donors (Lipinski definition) is 1. The van der Waals surface area contributed by atoms with E-state index in [-0.39, 0.29) is 11.4 Å². The van der Waals surface area contributed by atoms with Gasteiger partial charge in [-0.25, -0.2) is 8.42 Å². The Morgan fingerprint density at radius 1 is 1.08 bits per heavy atom. The number of fused-ring (bicyclic) bond motifs is 1. The van der Waals surface area contributed by atoms with E-state index in [9.17, 15) is 21.6 Å². The van der Waals surface area contributed by atoms with Gasteiger partial charge in [0.2, 0.25) is 0 Å². The van der Waals surface area contributed by atoms with Crippen molar-refractivity contribution in [1.29, 1.82) is 0 Å². The van der Waals surface area contributed by atoms with Gasteiger partial charge < -0.3 is 5.73 Å². The molecule has 0 bridgehead atoms. The minimum absolute atomic E-state index is 0.203. The first kappa shape index (κ1) is 16.6. The minimum atomic E-state index is -4.60. The van der Waals surface area contributed by atoms with Crippen molar-refractivity contribution in [1.82, 2.24) is 0 Å². The Kier molecular flexibility index (Phi) is 3.95. The third-order valence-electron chi connectivity index (χ3n) is 3.99. The lowest BCUT2D eigenvalue weighted by Crippen LogP contribution is -2.35. The molecule has 3 rings (SSSR count). The molecule has 0 radical (unpaired) electrons. The fourth-order valence-electron chi connectivity index (χ4n) is 2.83. The second kappa shape index (κ2) is 5.70. The fourth-order valence-corrected chi connectivity index (χ4v) is 4.41. The maximum atomic E-state index is 12.9. The molecule has 0 saturated carbocycles. The number of nitrogens with zero attached hydrogens (tertiary/aromatic N) is 1. The van der Waals surface area contributed by atoms with Crippen LogP contribution in [0, 0.1) is 0 Å². The van der Waals surface area contributed by atoms with Crippen LogP contribution in [0.4, 0.5) is 24.5 Å². The lowest BCUT2D eigenvalue weighted by molar-refractivity contribution is -0.137. The van der Waals surface area contributed by atoms with Crippen LogP contribution in [0.5, 0.6) is 0 Å². The molecule has 4 nitrogen and oxygen atoms in total. The first-order valence-electron chi connectivity index (χ1n) is 7.28. The summed E-state index contributed by atoms with van der Waals surface area (Å²) in [5, 5.41) is 0. The number of sulfonamides is 1. The van der Waals surface area contributed by atoms with E-state index < -0.39 is 21.8 Å². The van der Waals surface area contributed by atoms with Crippen molar-refractivity contribution in [3.8, 4) is 0 Å². The van der Waals surface area contributed by atoms with Crippen LogP contribution in [0.3, 0.4) is 0 Å². The standard InChI is InChI=1S/C16H15F3N2O2S/c17-16(18,19)11-4-1-5-12(10-11)24(22,23)21-9-3-6-13-14(20)7-2-8-15(13)21/h1-2,4-5,7-8,10H,3,6,9,20H2. The zero-order valence-corrected chi connectivity index (χ0v) is 13.4. The molecule has 0 saturated heterocycles. The van der Waals surface area contributed by atoms with Crippen molar-refractivity contribution in [2.45, 2.75) is 23.9 Å². The summed E-state index contributed by atoms with van der Waals surface area (Å²) in [6.45, 7) is 0.203. The Morgan fingerprint density at radius 2 is 1.79 bits per heavy atom. The van der Waals surface area contributed by atoms with Crippen molar-refractivity contribution in [2.24, 2.45) is 0 Å². The number of anilines is 2. The molecular formula is C16H15F3N2O2S. The highest BCUT2D eigenvalue weighted by molar-refractivity contribution is 7.92. The summed E-state index contributed by atoms with van der Waals surface area (Å²) in [5.41, 5.74) is 6.52. The second-order valence-corrected chi connectivity index (χ2v) is 7.41. The lowest BCUT2D eigenvalue weighted by atomic mass is 10.0. The maximum Gasteiger partial charge on any atom is 0.416 e. The highest BCUT2D eigenvalue weighted by Crippen LogP contribution is 2.36. The van der Waals surface area contributed by atoms with E-state index in [2.05, 4.69) is 0 Å². The molecule has 0 aromatic heterocycles. The summed E-state index contributed by atoms with van der Waals surface area (Å²) in [6.07, 6.45) is -3.41. The van der Waals surface area contributed by atoms with E-state index in [1.165, 1.54) is 6.07 Å². The van der Waals surface area contributed by atoms with E-state index in [0.29, 0.717) is 35.8 Å². The van der Waals surface area contributed by atoms with Crippen molar-refractivity contribution in [3.63, 3.8) is 0 Å². The van der Waals surface area contributed by atoms with Crippen LogP contribution in [-0.2, 0) is 22.6 Å². The van der Waals surface area contributed by atoms with Gasteiger partial charge in [0.05, 0.1) is 16.1 Å². The van der Waals surface area contributed by atoms with Gasteiger partial charge in [-0.1, -0.05) is 12.1 Å². The smallest absolute Gasteiger partial charge is 0.398 e. The Bertz CT molecular complexity index is 879. The number of nitrogens with two attached hydrogens (primary N) is 1. The van der Waals surface area contributed by atoms with Crippen LogP contribution in [0.1, 0.15) is 17.5 Å². The average molecular weight is 356 g/mol. The average Bonchev–Trinajstić information content (AvgIpc) is 2.54. The van der Waals surface area contributed by atoms with Crippen molar-refractivity contribution >= 4 is 21.4 Å². The van der Waals surface area contributed by atoms with E-state index >= 15 is 0 Å². The summed E-state index contributed by atoms with van der Waals surface area (Å²) in [4.78, 5) is -0.382. The monoisotopic (exact) mass is 356 g/mol. The van der Waals surface area contributed by atoms with E-state index in [4.69, 9.17) is 5.73 Å². The molecule has 0 fully saturated rings. The van der Waals surface area contributed by atoms with Gasteiger partial charge in [0.25, 0.3) is 10.0 Å². The molecule has 1 aliphatic rings. The molecular weight excluding hydrogens is 341 g/mol. The van der Waals surface area contributed by atoms with E-state index in [0.717, 1.165) is 16.4 Å². The highest BCUT2D eigenvalue weighted by Gasteiger charge is 2.34. The van der Waals surface area contributed by atoms with Crippen LogP contribution in [0.2, 0.25) is 0 Å². The van der Waals surface area contributed by atoms with Crippen molar-refractivity contribution < 1.29 is 21.6 Å². The molecule has 24 heavy (non-hydrogen) atoms. The van der Waals surface area contributed by atoms with Gasteiger partial charge in [0.15, 0.2) is 0 Å². The number of nitrogen functional groups attached to an aromatic ring is 1. The van der Waals surface area contributed by atoms with Gasteiger partial charge in [-0.2, -0.15) is 13.2 Å². The molecule has 0 atom stereocenters. The third kappa shape index (κ3) is 2.82. The number of alkyl halides is 3. The van der Waals surface area contributed by atoms with Crippen LogP contribution in [0.25, 0.3) is 0 Å². The number of hydrogen-bond acceptors (Lipinski definition) is 3. The zero-order chi connectivity index (χ0) is 17.5. The number of benzene rings is 2. The Hall–Kier alpha value is -2.22.